The number of nitrogens with one attached hydrogen (secondary N) is 1. The lowest BCUT2D eigenvalue weighted by Crippen LogP contribution is -2.30. The molecule has 1 amide bonds. The van der Waals surface area contributed by atoms with Gasteiger partial charge in [0.05, 0.1) is 6.04 Å². The smallest absolute Gasteiger partial charge is 0.220 e. The SMILES string of the molecule is O=C(CO)CCCCCCC(=O)NC1CCCc2cc(Br)ccc21. The average Bonchev–Trinajstić information content (AvgIpc) is 2.57. The van der Waals surface area contributed by atoms with Gasteiger partial charge in [-0.15, -0.1) is 0 Å². The standard InChI is InChI=1S/C19H26BrNO3/c20-15-10-11-17-14(12-15)6-5-8-18(17)21-19(24)9-4-2-1-3-7-16(23)13-22/h10-12,18,22H,1-9,13H2,(H,21,24). The summed E-state index contributed by atoms with van der Waals surface area (Å²) >= 11 is 3.51. The molecule has 2 N–H and O–H groups in total. The van der Waals surface area contributed by atoms with Crippen LogP contribution in [0.25, 0.3) is 0 Å². The number of aliphatic hydroxyl groups excluding tert-OH is 1. The fourth-order valence-corrected chi connectivity index (χ4v) is 3.65. The van der Waals surface area contributed by atoms with Crippen LogP contribution in [0.2, 0.25) is 0 Å². The highest BCUT2D eigenvalue weighted by Crippen LogP contribution is 2.31. The van der Waals surface area contributed by atoms with E-state index in [-0.39, 0.29) is 24.3 Å². The second-order valence-corrected chi connectivity index (χ2v) is 7.38. The summed E-state index contributed by atoms with van der Waals surface area (Å²) in [5, 5.41) is 11.8. The quantitative estimate of drug-likeness (QED) is 0.624. The third-order valence-corrected chi connectivity index (χ3v) is 5.03. The van der Waals surface area contributed by atoms with Gasteiger partial charge in [0.15, 0.2) is 5.78 Å². The van der Waals surface area contributed by atoms with Crippen LogP contribution in [0.15, 0.2) is 22.7 Å². The zero-order chi connectivity index (χ0) is 17.4. The number of aliphatic hydroxyl groups is 1. The predicted molar refractivity (Wildman–Crippen MR) is 97.8 cm³/mol. The molecule has 0 saturated carbocycles. The van der Waals surface area contributed by atoms with Crippen molar-refractivity contribution in [2.24, 2.45) is 0 Å². The number of hydrogen-bond acceptors (Lipinski definition) is 3. The Bertz CT molecular complexity index is 574. The minimum atomic E-state index is -0.359. The maximum atomic E-state index is 12.2. The first-order chi connectivity index (χ1) is 11.6. The fourth-order valence-electron chi connectivity index (χ4n) is 3.24. The van der Waals surface area contributed by atoms with Crippen LogP contribution in [0.5, 0.6) is 0 Å². The number of hydrogen-bond donors (Lipinski definition) is 2. The molecule has 1 aromatic carbocycles. The number of benzene rings is 1. The largest absolute Gasteiger partial charge is 0.389 e. The van der Waals surface area contributed by atoms with Gasteiger partial charge in [-0.25, -0.2) is 0 Å². The van der Waals surface area contributed by atoms with Crippen molar-refractivity contribution in [3.8, 4) is 0 Å². The van der Waals surface area contributed by atoms with Gasteiger partial charge < -0.3 is 10.4 Å². The number of carbonyl (C=O) groups excluding carboxylic acids is 2. The molecular formula is C19H26BrNO3. The Kier molecular flexibility index (Phi) is 7.92. The number of halogens is 1. The Labute approximate surface area is 152 Å². The molecule has 1 aliphatic rings. The molecule has 4 nitrogen and oxygen atoms in total. The summed E-state index contributed by atoms with van der Waals surface area (Å²) in [6, 6.07) is 6.44. The monoisotopic (exact) mass is 395 g/mol. The predicted octanol–water partition coefficient (Wildman–Crippen LogP) is 3.84. The zero-order valence-electron chi connectivity index (χ0n) is 14.0. The van der Waals surface area contributed by atoms with Crippen LogP contribution in [0, 0.1) is 0 Å². The van der Waals surface area contributed by atoms with Crippen LogP contribution < -0.4 is 5.32 Å². The van der Waals surface area contributed by atoms with Crippen LogP contribution in [0.4, 0.5) is 0 Å². The van der Waals surface area contributed by atoms with E-state index in [9.17, 15) is 9.59 Å². The molecule has 1 aromatic rings. The minimum absolute atomic E-state index is 0.102. The molecule has 24 heavy (non-hydrogen) atoms. The molecule has 0 bridgehead atoms. The van der Waals surface area contributed by atoms with Crippen molar-refractivity contribution >= 4 is 27.6 Å². The van der Waals surface area contributed by atoms with Crippen molar-refractivity contribution in [1.82, 2.24) is 5.32 Å². The van der Waals surface area contributed by atoms with E-state index in [0.717, 1.165) is 49.4 Å². The van der Waals surface area contributed by atoms with Crippen molar-refractivity contribution in [1.29, 1.82) is 0 Å². The Morgan fingerprint density at radius 2 is 1.92 bits per heavy atom. The second kappa shape index (κ2) is 9.94. The summed E-state index contributed by atoms with van der Waals surface area (Å²) in [5.41, 5.74) is 2.58. The van der Waals surface area contributed by atoms with E-state index in [4.69, 9.17) is 5.11 Å². The maximum Gasteiger partial charge on any atom is 0.220 e. The molecule has 0 heterocycles. The summed E-state index contributed by atoms with van der Waals surface area (Å²) in [6.45, 7) is -0.359. The lowest BCUT2D eigenvalue weighted by Gasteiger charge is -2.26. The Morgan fingerprint density at radius 1 is 1.17 bits per heavy atom. The molecule has 0 aliphatic heterocycles. The topological polar surface area (TPSA) is 66.4 Å². The van der Waals surface area contributed by atoms with Crippen LogP contribution in [0.1, 0.15) is 68.5 Å². The number of carbonyl (C=O) groups is 2. The summed E-state index contributed by atoms with van der Waals surface area (Å²) < 4.78 is 1.09. The van der Waals surface area contributed by atoms with E-state index in [1.165, 1.54) is 11.1 Å². The highest BCUT2D eigenvalue weighted by Gasteiger charge is 2.21. The van der Waals surface area contributed by atoms with Gasteiger partial charge in [-0.1, -0.05) is 34.8 Å². The number of unbranched alkanes of at least 4 members (excludes halogenated alkanes) is 3. The van der Waals surface area contributed by atoms with Gasteiger partial charge in [-0.05, 0) is 55.4 Å². The number of Topliss-reactive ketones (excluding diaryl/α,β-unsaturated/α-hetero) is 1. The van der Waals surface area contributed by atoms with Crippen molar-refractivity contribution in [2.75, 3.05) is 6.61 Å². The van der Waals surface area contributed by atoms with Gasteiger partial charge in [0.1, 0.15) is 6.61 Å². The minimum Gasteiger partial charge on any atom is -0.389 e. The van der Waals surface area contributed by atoms with Gasteiger partial charge in [0, 0.05) is 17.3 Å². The van der Waals surface area contributed by atoms with E-state index in [0.29, 0.717) is 12.8 Å². The van der Waals surface area contributed by atoms with E-state index >= 15 is 0 Å². The molecule has 2 rings (SSSR count). The van der Waals surface area contributed by atoms with Crippen LogP contribution in [-0.4, -0.2) is 23.4 Å². The lowest BCUT2D eigenvalue weighted by molar-refractivity contribution is -0.122. The van der Waals surface area contributed by atoms with Crippen molar-refractivity contribution in [2.45, 2.75) is 63.8 Å². The van der Waals surface area contributed by atoms with E-state index < -0.39 is 0 Å². The molecule has 1 unspecified atom stereocenters. The van der Waals surface area contributed by atoms with E-state index in [2.05, 4.69) is 33.4 Å². The molecule has 0 radical (unpaired) electrons. The van der Waals surface area contributed by atoms with Crippen molar-refractivity contribution < 1.29 is 14.7 Å². The fraction of sp³-hybridized carbons (Fsp3) is 0.579. The van der Waals surface area contributed by atoms with Crippen LogP contribution >= 0.6 is 15.9 Å². The molecule has 0 fully saturated rings. The Morgan fingerprint density at radius 3 is 2.67 bits per heavy atom. The van der Waals surface area contributed by atoms with Gasteiger partial charge in [0.25, 0.3) is 0 Å². The lowest BCUT2D eigenvalue weighted by atomic mass is 9.87. The molecule has 132 valence electrons. The Balaban J connectivity index is 1.69. The summed E-state index contributed by atoms with van der Waals surface area (Å²) in [5.74, 6) is 0.0116. The molecule has 0 saturated heterocycles. The zero-order valence-corrected chi connectivity index (χ0v) is 15.6. The van der Waals surface area contributed by atoms with Gasteiger partial charge in [0.2, 0.25) is 5.91 Å². The number of rotatable bonds is 9. The van der Waals surface area contributed by atoms with Gasteiger partial charge in [-0.2, -0.15) is 0 Å². The highest BCUT2D eigenvalue weighted by atomic mass is 79.9. The van der Waals surface area contributed by atoms with Gasteiger partial charge >= 0.3 is 0 Å². The van der Waals surface area contributed by atoms with Crippen molar-refractivity contribution in [3.63, 3.8) is 0 Å². The maximum absolute atomic E-state index is 12.2. The first-order valence-electron chi connectivity index (χ1n) is 8.80. The second-order valence-electron chi connectivity index (χ2n) is 6.47. The van der Waals surface area contributed by atoms with Crippen LogP contribution in [-0.2, 0) is 16.0 Å². The van der Waals surface area contributed by atoms with E-state index in [1.807, 2.05) is 6.07 Å². The average molecular weight is 396 g/mol. The number of ketones is 1. The first kappa shape index (κ1) is 19.1. The molecular weight excluding hydrogens is 370 g/mol. The summed E-state index contributed by atoms with van der Waals surface area (Å²) in [6.07, 6.45) is 7.68. The summed E-state index contributed by atoms with van der Waals surface area (Å²) in [4.78, 5) is 23.1. The first-order valence-corrected chi connectivity index (χ1v) is 9.59. The number of fused-ring (bicyclic) bond motifs is 1. The molecule has 1 atom stereocenters. The summed E-state index contributed by atoms with van der Waals surface area (Å²) in [7, 11) is 0. The number of aryl methyl sites for hydroxylation is 1. The molecule has 0 aromatic heterocycles. The van der Waals surface area contributed by atoms with Gasteiger partial charge in [-0.3, -0.25) is 9.59 Å². The third kappa shape index (κ3) is 6.02. The van der Waals surface area contributed by atoms with Crippen molar-refractivity contribution in [3.05, 3.63) is 33.8 Å². The number of amides is 1. The van der Waals surface area contributed by atoms with Crippen LogP contribution in [0.3, 0.4) is 0 Å². The normalized spacial score (nSPS) is 16.5. The van der Waals surface area contributed by atoms with E-state index in [1.54, 1.807) is 0 Å². The molecule has 0 spiro atoms. The molecule has 1 aliphatic carbocycles. The third-order valence-electron chi connectivity index (χ3n) is 4.54. The molecule has 5 heteroatoms. The Hall–Kier alpha value is -1.20. The highest BCUT2D eigenvalue weighted by molar-refractivity contribution is 9.10.